The molecule has 0 aliphatic carbocycles. The van der Waals surface area contributed by atoms with Gasteiger partial charge in [-0.05, 0) is 6.42 Å². The van der Waals surface area contributed by atoms with Crippen molar-refractivity contribution in [1.82, 2.24) is 15.3 Å². The van der Waals surface area contributed by atoms with Gasteiger partial charge in [-0.2, -0.15) is 0 Å². The van der Waals surface area contributed by atoms with Crippen LogP contribution in [0.3, 0.4) is 0 Å². The van der Waals surface area contributed by atoms with Crippen molar-refractivity contribution in [2.24, 2.45) is 0 Å². The number of aromatic amines is 2. The number of rotatable bonds is 6. The predicted octanol–water partition coefficient (Wildman–Crippen LogP) is -1.25. The van der Waals surface area contributed by atoms with E-state index < -0.39 is 29.6 Å². The van der Waals surface area contributed by atoms with Gasteiger partial charge in [0.2, 0.25) is 0 Å². The van der Waals surface area contributed by atoms with Crippen LogP contribution in [0.4, 0.5) is 0 Å². The topological polar surface area (TPSA) is 152 Å². The molecule has 9 heteroatoms. The first kappa shape index (κ1) is 13.5. The summed E-state index contributed by atoms with van der Waals surface area (Å²) in [6, 6.07) is -1.33. The molecule has 0 radical (unpaired) electrons. The number of aromatic nitrogens is 2. The lowest BCUT2D eigenvalue weighted by Crippen LogP contribution is -2.41. The van der Waals surface area contributed by atoms with Crippen molar-refractivity contribution in [3.63, 3.8) is 0 Å². The van der Waals surface area contributed by atoms with Crippen LogP contribution in [-0.4, -0.2) is 44.1 Å². The van der Waals surface area contributed by atoms with Gasteiger partial charge in [0.05, 0.1) is 0 Å². The fourth-order valence-corrected chi connectivity index (χ4v) is 1.22. The van der Waals surface area contributed by atoms with Crippen molar-refractivity contribution < 1.29 is 24.6 Å². The lowest BCUT2D eigenvalue weighted by molar-refractivity contribution is -0.140. The number of carboxylic acid groups (broad SMARTS) is 2. The highest BCUT2D eigenvalue weighted by Crippen LogP contribution is 2.00. The molecule has 0 unspecified atom stereocenters. The summed E-state index contributed by atoms with van der Waals surface area (Å²) in [7, 11) is 0. The third-order valence-electron chi connectivity index (χ3n) is 2.09. The molecule has 0 aromatic carbocycles. The molecule has 0 aliphatic heterocycles. The van der Waals surface area contributed by atoms with Crippen LogP contribution in [0, 0.1) is 0 Å². The number of hydrogen-bond acceptors (Lipinski definition) is 4. The van der Waals surface area contributed by atoms with E-state index in [1.54, 1.807) is 0 Å². The van der Waals surface area contributed by atoms with Crippen molar-refractivity contribution in [2.45, 2.75) is 18.9 Å². The first-order chi connectivity index (χ1) is 8.40. The summed E-state index contributed by atoms with van der Waals surface area (Å²) >= 11 is 0. The number of hydrogen-bond donors (Lipinski definition) is 5. The molecule has 1 heterocycles. The fraction of sp³-hybridized carbons (Fsp3) is 0.333. The van der Waals surface area contributed by atoms with Crippen molar-refractivity contribution >= 4 is 17.8 Å². The normalized spacial score (nSPS) is 11.8. The summed E-state index contributed by atoms with van der Waals surface area (Å²) in [6.45, 7) is 0. The smallest absolute Gasteiger partial charge is 0.326 e. The van der Waals surface area contributed by atoms with Gasteiger partial charge in [0.15, 0.2) is 0 Å². The van der Waals surface area contributed by atoms with Crippen LogP contribution >= 0.6 is 0 Å². The molecule has 1 aromatic rings. The number of carboxylic acids is 2. The minimum Gasteiger partial charge on any atom is -0.481 e. The molecule has 1 atom stereocenters. The van der Waals surface area contributed by atoms with E-state index in [0.29, 0.717) is 0 Å². The van der Waals surface area contributed by atoms with Gasteiger partial charge in [-0.25, -0.2) is 9.59 Å². The van der Waals surface area contributed by atoms with Crippen LogP contribution < -0.4 is 11.0 Å². The zero-order chi connectivity index (χ0) is 13.7. The van der Waals surface area contributed by atoms with E-state index in [4.69, 9.17) is 10.2 Å². The van der Waals surface area contributed by atoms with E-state index in [2.05, 4.69) is 15.3 Å². The van der Waals surface area contributed by atoms with Crippen molar-refractivity contribution in [1.29, 1.82) is 0 Å². The van der Waals surface area contributed by atoms with Gasteiger partial charge in [0.1, 0.15) is 11.7 Å². The number of H-pyrrole nitrogens is 2. The third kappa shape index (κ3) is 3.77. The molecule has 5 N–H and O–H groups in total. The molecule has 98 valence electrons. The monoisotopic (exact) mass is 257 g/mol. The van der Waals surface area contributed by atoms with Crippen molar-refractivity contribution in [3.05, 3.63) is 22.4 Å². The average molecular weight is 257 g/mol. The molecule has 0 spiro atoms. The Balaban J connectivity index is 2.66. The number of carbonyl (C=O) groups is 3. The molecule has 1 amide bonds. The molecule has 9 nitrogen and oxygen atoms in total. The SMILES string of the molecule is O=C(O)CC[C@H](NC(=O)c1c[nH]c(=O)[nH]1)C(=O)O. The van der Waals surface area contributed by atoms with Crippen LogP contribution in [-0.2, 0) is 9.59 Å². The average Bonchev–Trinajstić information content (AvgIpc) is 2.70. The number of aliphatic carboxylic acids is 2. The Morgan fingerprint density at radius 3 is 2.44 bits per heavy atom. The Bertz CT molecular complexity index is 516. The van der Waals surface area contributed by atoms with Gasteiger partial charge in [0.25, 0.3) is 5.91 Å². The molecule has 18 heavy (non-hydrogen) atoms. The van der Waals surface area contributed by atoms with Crippen LogP contribution in [0.25, 0.3) is 0 Å². The maximum atomic E-state index is 11.5. The minimum atomic E-state index is -1.34. The third-order valence-corrected chi connectivity index (χ3v) is 2.09. The highest BCUT2D eigenvalue weighted by Gasteiger charge is 2.22. The highest BCUT2D eigenvalue weighted by molar-refractivity contribution is 5.94. The van der Waals surface area contributed by atoms with Crippen LogP contribution in [0.2, 0.25) is 0 Å². The largest absolute Gasteiger partial charge is 0.481 e. The first-order valence-electron chi connectivity index (χ1n) is 4.93. The van der Waals surface area contributed by atoms with Crippen LogP contribution in [0.5, 0.6) is 0 Å². The Morgan fingerprint density at radius 1 is 1.33 bits per heavy atom. The number of carbonyl (C=O) groups excluding carboxylic acids is 1. The number of nitrogens with one attached hydrogen (secondary N) is 3. The lowest BCUT2D eigenvalue weighted by atomic mass is 10.1. The summed E-state index contributed by atoms with van der Waals surface area (Å²) < 4.78 is 0. The summed E-state index contributed by atoms with van der Waals surface area (Å²) in [4.78, 5) is 47.7. The van der Waals surface area contributed by atoms with Gasteiger partial charge >= 0.3 is 17.6 Å². The first-order valence-corrected chi connectivity index (χ1v) is 4.93. The van der Waals surface area contributed by atoms with Gasteiger partial charge in [-0.1, -0.05) is 0 Å². The molecule has 1 rings (SSSR count). The molecule has 0 bridgehead atoms. The second kappa shape index (κ2) is 5.66. The minimum absolute atomic E-state index is 0.124. The Hall–Kier alpha value is -2.58. The number of amides is 1. The van der Waals surface area contributed by atoms with Crippen molar-refractivity contribution in [2.75, 3.05) is 0 Å². The second-order valence-corrected chi connectivity index (χ2v) is 3.45. The lowest BCUT2D eigenvalue weighted by Gasteiger charge is -2.12. The van der Waals surface area contributed by atoms with E-state index in [0.717, 1.165) is 6.20 Å². The molecule has 0 saturated carbocycles. The highest BCUT2D eigenvalue weighted by atomic mass is 16.4. The van der Waals surface area contributed by atoms with Gasteiger partial charge in [-0.15, -0.1) is 0 Å². The molecule has 0 aliphatic rings. The van der Waals surface area contributed by atoms with Gasteiger partial charge in [0, 0.05) is 12.6 Å². The molecule has 0 saturated heterocycles. The van der Waals surface area contributed by atoms with Gasteiger partial charge in [-0.3, -0.25) is 9.59 Å². The molecule has 0 fully saturated rings. The summed E-state index contributed by atoms with van der Waals surface area (Å²) in [5.74, 6) is -3.31. The van der Waals surface area contributed by atoms with E-state index in [9.17, 15) is 19.2 Å². The molecular formula is C9H11N3O6. The van der Waals surface area contributed by atoms with E-state index in [1.807, 2.05) is 0 Å². The standard InChI is InChI=1S/C9H11N3O6/c13-6(14)2-1-4(8(16)17)11-7(15)5-3-10-9(18)12-5/h3-4H,1-2H2,(H,11,15)(H,13,14)(H,16,17)(H2,10,12,18)/t4-/m0/s1. The summed E-state index contributed by atoms with van der Waals surface area (Å²) in [6.07, 6.45) is 0.458. The predicted molar refractivity (Wildman–Crippen MR) is 57.2 cm³/mol. The van der Waals surface area contributed by atoms with E-state index in [-0.39, 0.29) is 18.5 Å². The number of imidazole rings is 1. The maximum absolute atomic E-state index is 11.5. The summed E-state index contributed by atoms with van der Waals surface area (Å²) in [5.41, 5.74) is -0.723. The Morgan fingerprint density at radius 2 is 2.00 bits per heavy atom. The Kier molecular flexibility index (Phi) is 4.24. The zero-order valence-electron chi connectivity index (χ0n) is 9.10. The maximum Gasteiger partial charge on any atom is 0.326 e. The van der Waals surface area contributed by atoms with E-state index in [1.165, 1.54) is 0 Å². The zero-order valence-corrected chi connectivity index (χ0v) is 9.10. The second-order valence-electron chi connectivity index (χ2n) is 3.45. The fourth-order valence-electron chi connectivity index (χ4n) is 1.22. The van der Waals surface area contributed by atoms with E-state index >= 15 is 0 Å². The molecule has 1 aromatic heterocycles. The Labute approximate surface area is 99.8 Å². The van der Waals surface area contributed by atoms with Crippen LogP contribution in [0.15, 0.2) is 11.0 Å². The molecular weight excluding hydrogens is 246 g/mol. The van der Waals surface area contributed by atoms with Gasteiger partial charge < -0.3 is 25.5 Å². The van der Waals surface area contributed by atoms with Crippen LogP contribution in [0.1, 0.15) is 23.3 Å². The van der Waals surface area contributed by atoms with Crippen molar-refractivity contribution in [3.8, 4) is 0 Å². The summed E-state index contributed by atoms with van der Waals surface area (Å²) in [5, 5.41) is 19.3. The quantitative estimate of drug-likeness (QED) is 0.429.